The van der Waals surface area contributed by atoms with E-state index >= 15 is 0 Å². The molecule has 0 radical (unpaired) electrons. The second-order valence-corrected chi connectivity index (χ2v) is 3.20. The van der Waals surface area contributed by atoms with Crippen LogP contribution in [0.4, 0.5) is 4.39 Å². The van der Waals surface area contributed by atoms with Gasteiger partial charge in [-0.2, -0.15) is 0 Å². The minimum absolute atomic E-state index is 0.0839. The molecule has 0 unspecified atom stereocenters. The lowest BCUT2D eigenvalue weighted by Crippen LogP contribution is -2.00. The first-order valence-electron chi connectivity index (χ1n) is 4.37. The molecule has 15 heavy (non-hydrogen) atoms. The standard InChI is InChI=1S/C12H11FO2/c1-8(2)11(12(14)15)7-9-4-3-5-10(13)6-9/h3-7H,1H2,2H3,(H,14,15). The highest BCUT2D eigenvalue weighted by atomic mass is 19.1. The van der Waals surface area contributed by atoms with E-state index < -0.39 is 11.8 Å². The lowest BCUT2D eigenvalue weighted by molar-refractivity contribution is -0.132. The Morgan fingerprint density at radius 2 is 2.20 bits per heavy atom. The fourth-order valence-electron chi connectivity index (χ4n) is 1.13. The molecular weight excluding hydrogens is 195 g/mol. The van der Waals surface area contributed by atoms with Crippen LogP contribution in [-0.4, -0.2) is 11.1 Å². The smallest absolute Gasteiger partial charge is 0.335 e. The summed E-state index contributed by atoms with van der Waals surface area (Å²) in [6.07, 6.45) is 1.40. The molecule has 1 N–H and O–H groups in total. The van der Waals surface area contributed by atoms with E-state index in [1.54, 1.807) is 13.0 Å². The second-order valence-electron chi connectivity index (χ2n) is 3.20. The van der Waals surface area contributed by atoms with Crippen LogP contribution in [0.1, 0.15) is 12.5 Å². The van der Waals surface area contributed by atoms with Crippen LogP contribution in [-0.2, 0) is 4.79 Å². The maximum Gasteiger partial charge on any atom is 0.335 e. The summed E-state index contributed by atoms with van der Waals surface area (Å²) in [4.78, 5) is 10.8. The summed E-state index contributed by atoms with van der Waals surface area (Å²) in [6.45, 7) is 5.15. The summed E-state index contributed by atoms with van der Waals surface area (Å²) in [5, 5.41) is 8.85. The van der Waals surface area contributed by atoms with Crippen molar-refractivity contribution in [3.8, 4) is 0 Å². The summed E-state index contributed by atoms with van der Waals surface area (Å²) >= 11 is 0. The zero-order valence-electron chi connectivity index (χ0n) is 8.33. The monoisotopic (exact) mass is 206 g/mol. The Kier molecular flexibility index (Phi) is 3.39. The van der Waals surface area contributed by atoms with Crippen molar-refractivity contribution in [3.05, 3.63) is 53.4 Å². The van der Waals surface area contributed by atoms with Gasteiger partial charge in [0.2, 0.25) is 0 Å². The lowest BCUT2D eigenvalue weighted by Gasteiger charge is -2.01. The third-order valence-corrected chi connectivity index (χ3v) is 1.85. The molecule has 0 saturated heterocycles. The normalized spacial score (nSPS) is 11.2. The summed E-state index contributed by atoms with van der Waals surface area (Å²) in [7, 11) is 0. The number of carboxylic acid groups (broad SMARTS) is 1. The van der Waals surface area contributed by atoms with E-state index in [2.05, 4.69) is 6.58 Å². The van der Waals surface area contributed by atoms with Gasteiger partial charge in [0.25, 0.3) is 0 Å². The number of benzene rings is 1. The summed E-state index contributed by atoms with van der Waals surface area (Å²) in [5.74, 6) is -1.46. The van der Waals surface area contributed by atoms with Crippen molar-refractivity contribution in [1.29, 1.82) is 0 Å². The van der Waals surface area contributed by atoms with Gasteiger partial charge in [0.05, 0.1) is 5.57 Å². The van der Waals surface area contributed by atoms with E-state index in [-0.39, 0.29) is 5.57 Å². The minimum Gasteiger partial charge on any atom is -0.478 e. The van der Waals surface area contributed by atoms with E-state index in [4.69, 9.17) is 5.11 Å². The Labute approximate surface area is 87.4 Å². The number of aliphatic carboxylic acids is 1. The van der Waals surface area contributed by atoms with Crippen molar-refractivity contribution < 1.29 is 14.3 Å². The quantitative estimate of drug-likeness (QED) is 0.610. The van der Waals surface area contributed by atoms with Crippen molar-refractivity contribution >= 4 is 12.0 Å². The number of hydrogen-bond donors (Lipinski definition) is 1. The number of carbonyl (C=O) groups is 1. The predicted octanol–water partition coefficient (Wildman–Crippen LogP) is 2.87. The number of rotatable bonds is 3. The minimum atomic E-state index is -1.06. The van der Waals surface area contributed by atoms with Gasteiger partial charge in [0, 0.05) is 0 Å². The first kappa shape index (κ1) is 11.2. The largest absolute Gasteiger partial charge is 0.478 e. The molecule has 3 heteroatoms. The maximum atomic E-state index is 12.8. The molecule has 0 aliphatic heterocycles. The Balaban J connectivity index is 3.13. The van der Waals surface area contributed by atoms with Crippen LogP contribution in [0.25, 0.3) is 6.08 Å². The molecule has 0 fully saturated rings. The van der Waals surface area contributed by atoms with Crippen molar-refractivity contribution in [2.24, 2.45) is 0 Å². The van der Waals surface area contributed by atoms with Gasteiger partial charge in [-0.15, -0.1) is 0 Å². The van der Waals surface area contributed by atoms with E-state index in [1.807, 2.05) is 0 Å². The van der Waals surface area contributed by atoms with Crippen LogP contribution in [0.3, 0.4) is 0 Å². The molecule has 0 amide bonds. The number of halogens is 1. The van der Waals surface area contributed by atoms with Gasteiger partial charge in [-0.05, 0) is 36.3 Å². The predicted molar refractivity (Wildman–Crippen MR) is 56.8 cm³/mol. The van der Waals surface area contributed by atoms with E-state index in [9.17, 15) is 9.18 Å². The van der Waals surface area contributed by atoms with Gasteiger partial charge in [-0.3, -0.25) is 0 Å². The second kappa shape index (κ2) is 4.55. The van der Waals surface area contributed by atoms with Gasteiger partial charge >= 0.3 is 5.97 Å². The highest BCUT2D eigenvalue weighted by Crippen LogP contribution is 2.14. The molecule has 1 aromatic carbocycles. The molecule has 2 nitrogen and oxygen atoms in total. The molecule has 0 saturated carbocycles. The van der Waals surface area contributed by atoms with Crippen molar-refractivity contribution in [3.63, 3.8) is 0 Å². The topological polar surface area (TPSA) is 37.3 Å². The van der Waals surface area contributed by atoms with Gasteiger partial charge in [-0.25, -0.2) is 9.18 Å². The fourth-order valence-corrected chi connectivity index (χ4v) is 1.13. The average molecular weight is 206 g/mol. The van der Waals surface area contributed by atoms with Crippen LogP contribution in [0.2, 0.25) is 0 Å². The van der Waals surface area contributed by atoms with E-state index in [0.29, 0.717) is 11.1 Å². The van der Waals surface area contributed by atoms with Gasteiger partial charge in [0.15, 0.2) is 0 Å². The van der Waals surface area contributed by atoms with Crippen LogP contribution in [0, 0.1) is 5.82 Å². The van der Waals surface area contributed by atoms with Crippen LogP contribution < -0.4 is 0 Å². The molecule has 0 heterocycles. The van der Waals surface area contributed by atoms with Gasteiger partial charge in [0.1, 0.15) is 5.82 Å². The third kappa shape index (κ3) is 3.06. The molecular formula is C12H11FO2. The highest BCUT2D eigenvalue weighted by Gasteiger charge is 2.07. The molecule has 0 bridgehead atoms. The highest BCUT2D eigenvalue weighted by molar-refractivity contribution is 5.96. The zero-order valence-corrected chi connectivity index (χ0v) is 8.33. The van der Waals surface area contributed by atoms with Gasteiger partial charge in [-0.1, -0.05) is 18.7 Å². The molecule has 0 aliphatic carbocycles. The Hall–Kier alpha value is -1.90. The molecule has 1 aromatic rings. The van der Waals surface area contributed by atoms with Gasteiger partial charge < -0.3 is 5.11 Å². The molecule has 0 aromatic heterocycles. The molecule has 0 atom stereocenters. The number of hydrogen-bond acceptors (Lipinski definition) is 1. The molecule has 1 rings (SSSR count). The maximum absolute atomic E-state index is 12.8. The van der Waals surface area contributed by atoms with Crippen LogP contribution >= 0.6 is 0 Å². The molecule has 0 spiro atoms. The number of carboxylic acids is 1. The van der Waals surface area contributed by atoms with Crippen molar-refractivity contribution in [2.75, 3.05) is 0 Å². The summed E-state index contributed by atoms with van der Waals surface area (Å²) in [6, 6.07) is 5.73. The average Bonchev–Trinajstić information content (AvgIpc) is 2.13. The lowest BCUT2D eigenvalue weighted by atomic mass is 10.1. The first-order valence-corrected chi connectivity index (χ1v) is 4.37. The summed E-state index contributed by atoms with van der Waals surface area (Å²) < 4.78 is 12.8. The Morgan fingerprint density at radius 1 is 1.53 bits per heavy atom. The first-order chi connectivity index (χ1) is 7.00. The van der Waals surface area contributed by atoms with Crippen molar-refractivity contribution in [2.45, 2.75) is 6.92 Å². The van der Waals surface area contributed by atoms with E-state index in [0.717, 1.165) is 0 Å². The van der Waals surface area contributed by atoms with Crippen LogP contribution in [0.5, 0.6) is 0 Å². The van der Waals surface area contributed by atoms with Crippen LogP contribution in [0.15, 0.2) is 42.0 Å². The summed E-state index contributed by atoms with van der Waals surface area (Å²) in [5.41, 5.74) is 1.03. The van der Waals surface area contributed by atoms with E-state index in [1.165, 1.54) is 24.3 Å². The Morgan fingerprint density at radius 3 is 2.67 bits per heavy atom. The Bertz CT molecular complexity index is 417. The fraction of sp³-hybridized carbons (Fsp3) is 0.0833. The SMILES string of the molecule is C=C(C)C(=Cc1cccc(F)c1)C(=O)O. The van der Waals surface area contributed by atoms with Crippen molar-refractivity contribution in [1.82, 2.24) is 0 Å². The third-order valence-electron chi connectivity index (χ3n) is 1.85. The zero-order chi connectivity index (χ0) is 11.4. The molecule has 0 aliphatic rings. The molecule has 78 valence electrons.